The van der Waals surface area contributed by atoms with Crippen LogP contribution < -0.4 is 0 Å². The van der Waals surface area contributed by atoms with Gasteiger partial charge in [-0.3, -0.25) is 0 Å². The summed E-state index contributed by atoms with van der Waals surface area (Å²) < 4.78 is 37.1. The van der Waals surface area contributed by atoms with Gasteiger partial charge in [-0.15, -0.1) is 11.8 Å². The van der Waals surface area contributed by atoms with Gasteiger partial charge in [-0.25, -0.2) is 4.98 Å². The Morgan fingerprint density at radius 1 is 1.28 bits per heavy atom. The Labute approximate surface area is 106 Å². The van der Waals surface area contributed by atoms with Crippen LogP contribution in [-0.4, -0.2) is 10.7 Å². The molecule has 0 aliphatic heterocycles. The molecule has 18 heavy (non-hydrogen) atoms. The van der Waals surface area contributed by atoms with E-state index in [9.17, 15) is 13.2 Å². The van der Waals surface area contributed by atoms with Crippen LogP contribution in [0.1, 0.15) is 12.1 Å². The highest BCUT2D eigenvalue weighted by atomic mass is 32.2. The second-order valence-electron chi connectivity index (χ2n) is 3.31. The highest BCUT2D eigenvalue weighted by molar-refractivity contribution is 7.99. The van der Waals surface area contributed by atoms with E-state index in [1.54, 1.807) is 12.1 Å². The van der Waals surface area contributed by atoms with Crippen molar-refractivity contribution in [3.8, 4) is 12.1 Å². The average molecular weight is 271 g/mol. The third kappa shape index (κ3) is 4.27. The third-order valence-electron chi connectivity index (χ3n) is 1.98. The molecule has 1 heterocycles. The largest absolute Gasteiger partial charge is 0.433 e. The van der Waals surface area contributed by atoms with Crippen LogP contribution in [0.3, 0.4) is 0 Å². The SMILES string of the molecule is N#CC(C#N)CCSc1cccc(C(F)(F)F)n1. The summed E-state index contributed by atoms with van der Waals surface area (Å²) in [6, 6.07) is 7.25. The fraction of sp³-hybridized carbons (Fsp3) is 0.364. The molecular weight excluding hydrogens is 263 g/mol. The number of hydrogen-bond donors (Lipinski definition) is 0. The molecular formula is C11H8F3N3S. The van der Waals surface area contributed by atoms with Gasteiger partial charge in [-0.2, -0.15) is 23.7 Å². The Balaban J connectivity index is 2.60. The topological polar surface area (TPSA) is 60.5 Å². The minimum Gasteiger partial charge on any atom is -0.237 e. The van der Waals surface area contributed by atoms with E-state index in [4.69, 9.17) is 10.5 Å². The van der Waals surface area contributed by atoms with Gasteiger partial charge in [0.2, 0.25) is 0 Å². The molecule has 0 atom stereocenters. The van der Waals surface area contributed by atoms with E-state index >= 15 is 0 Å². The van der Waals surface area contributed by atoms with Crippen molar-refractivity contribution in [2.24, 2.45) is 5.92 Å². The van der Waals surface area contributed by atoms with Crippen LogP contribution in [0, 0.1) is 28.6 Å². The van der Waals surface area contributed by atoms with Gasteiger partial charge in [0, 0.05) is 5.75 Å². The summed E-state index contributed by atoms with van der Waals surface area (Å²) in [5.41, 5.74) is -0.940. The van der Waals surface area contributed by atoms with Crippen LogP contribution in [-0.2, 0) is 6.18 Å². The normalized spacial score (nSPS) is 11.0. The van der Waals surface area contributed by atoms with Crippen molar-refractivity contribution in [2.75, 3.05) is 5.75 Å². The minimum atomic E-state index is -4.46. The molecule has 0 N–H and O–H groups in total. The molecule has 0 amide bonds. The van der Waals surface area contributed by atoms with Gasteiger partial charge in [0.15, 0.2) is 0 Å². The van der Waals surface area contributed by atoms with Crippen molar-refractivity contribution in [3.05, 3.63) is 23.9 Å². The van der Waals surface area contributed by atoms with Crippen LogP contribution in [0.15, 0.2) is 23.2 Å². The highest BCUT2D eigenvalue weighted by Gasteiger charge is 2.32. The molecule has 1 aromatic rings. The van der Waals surface area contributed by atoms with Gasteiger partial charge < -0.3 is 0 Å². The summed E-state index contributed by atoms with van der Waals surface area (Å²) in [6.45, 7) is 0. The van der Waals surface area contributed by atoms with E-state index in [1.165, 1.54) is 12.1 Å². The number of aromatic nitrogens is 1. The third-order valence-corrected chi connectivity index (χ3v) is 2.95. The van der Waals surface area contributed by atoms with Gasteiger partial charge >= 0.3 is 6.18 Å². The zero-order valence-electron chi connectivity index (χ0n) is 9.11. The van der Waals surface area contributed by atoms with Crippen LogP contribution in [0.2, 0.25) is 0 Å². The van der Waals surface area contributed by atoms with Gasteiger partial charge in [0.05, 0.1) is 17.2 Å². The predicted octanol–water partition coefficient (Wildman–Crippen LogP) is 3.25. The first-order chi connectivity index (χ1) is 8.47. The van der Waals surface area contributed by atoms with Gasteiger partial charge in [-0.05, 0) is 18.6 Å². The zero-order valence-corrected chi connectivity index (χ0v) is 9.92. The maximum Gasteiger partial charge on any atom is 0.433 e. The lowest BCUT2D eigenvalue weighted by atomic mass is 10.1. The van der Waals surface area contributed by atoms with E-state index in [0.717, 1.165) is 17.8 Å². The Hall–Kier alpha value is -1.73. The number of thioether (sulfide) groups is 1. The van der Waals surface area contributed by atoms with Gasteiger partial charge in [-0.1, -0.05) is 6.07 Å². The predicted molar refractivity (Wildman–Crippen MR) is 59.3 cm³/mol. The van der Waals surface area contributed by atoms with E-state index in [2.05, 4.69) is 4.98 Å². The molecule has 0 aromatic carbocycles. The number of rotatable bonds is 4. The smallest absolute Gasteiger partial charge is 0.237 e. The van der Waals surface area contributed by atoms with Crippen molar-refractivity contribution in [1.82, 2.24) is 4.98 Å². The number of nitrogens with zero attached hydrogens (tertiary/aromatic N) is 3. The fourth-order valence-corrected chi connectivity index (χ4v) is 1.99. The van der Waals surface area contributed by atoms with E-state index in [0.29, 0.717) is 12.2 Å². The Bertz CT molecular complexity index is 474. The molecule has 1 rings (SSSR count). The quantitative estimate of drug-likeness (QED) is 0.789. The van der Waals surface area contributed by atoms with E-state index < -0.39 is 17.8 Å². The van der Waals surface area contributed by atoms with Crippen molar-refractivity contribution < 1.29 is 13.2 Å². The summed E-state index contributed by atoms with van der Waals surface area (Å²) >= 11 is 1.10. The lowest BCUT2D eigenvalue weighted by Gasteiger charge is -2.07. The molecule has 0 aliphatic carbocycles. The zero-order chi connectivity index (χ0) is 13.6. The monoisotopic (exact) mass is 271 g/mol. The number of alkyl halides is 3. The first kappa shape index (κ1) is 14.3. The maximum absolute atomic E-state index is 12.4. The van der Waals surface area contributed by atoms with Gasteiger partial charge in [0.1, 0.15) is 11.6 Å². The molecule has 0 unspecified atom stereocenters. The standard InChI is InChI=1S/C11H8F3N3S/c12-11(13,14)9-2-1-3-10(17-9)18-5-4-8(6-15)7-16/h1-3,8H,4-5H2. The molecule has 0 fully saturated rings. The van der Waals surface area contributed by atoms with Gasteiger partial charge in [0.25, 0.3) is 0 Å². The fourth-order valence-electron chi connectivity index (χ4n) is 1.09. The molecule has 0 radical (unpaired) electrons. The van der Waals surface area contributed by atoms with E-state index in [-0.39, 0.29) is 5.03 Å². The minimum absolute atomic E-state index is 0.236. The lowest BCUT2D eigenvalue weighted by molar-refractivity contribution is -0.141. The van der Waals surface area contributed by atoms with Crippen LogP contribution >= 0.6 is 11.8 Å². The van der Waals surface area contributed by atoms with Crippen molar-refractivity contribution in [3.63, 3.8) is 0 Å². The van der Waals surface area contributed by atoms with E-state index in [1.807, 2.05) is 0 Å². The average Bonchev–Trinajstić information content (AvgIpc) is 2.34. The van der Waals surface area contributed by atoms with Crippen molar-refractivity contribution in [1.29, 1.82) is 10.5 Å². The molecule has 94 valence electrons. The van der Waals surface area contributed by atoms with Crippen LogP contribution in [0.5, 0.6) is 0 Å². The number of halogens is 3. The summed E-state index contributed by atoms with van der Waals surface area (Å²) in [6.07, 6.45) is -4.16. The van der Waals surface area contributed by atoms with Crippen molar-refractivity contribution in [2.45, 2.75) is 17.6 Å². The molecule has 3 nitrogen and oxygen atoms in total. The number of hydrogen-bond acceptors (Lipinski definition) is 4. The Kier molecular flexibility index (Phi) is 4.99. The van der Waals surface area contributed by atoms with Crippen LogP contribution in [0.25, 0.3) is 0 Å². The molecule has 7 heteroatoms. The number of pyridine rings is 1. The maximum atomic E-state index is 12.4. The lowest BCUT2D eigenvalue weighted by Crippen LogP contribution is -2.08. The number of nitriles is 2. The van der Waals surface area contributed by atoms with Crippen molar-refractivity contribution >= 4 is 11.8 Å². The molecule has 1 aromatic heterocycles. The summed E-state index contributed by atoms with van der Waals surface area (Å²) in [4.78, 5) is 3.46. The molecule has 0 saturated heterocycles. The first-order valence-electron chi connectivity index (χ1n) is 4.93. The first-order valence-corrected chi connectivity index (χ1v) is 5.92. The summed E-state index contributed by atoms with van der Waals surface area (Å²) in [5.74, 6) is -0.358. The highest BCUT2D eigenvalue weighted by Crippen LogP contribution is 2.29. The molecule has 0 bridgehead atoms. The summed E-state index contributed by atoms with van der Waals surface area (Å²) in [5, 5.41) is 17.3. The Morgan fingerprint density at radius 2 is 1.94 bits per heavy atom. The molecule has 0 aliphatic rings. The second-order valence-corrected chi connectivity index (χ2v) is 4.42. The Morgan fingerprint density at radius 3 is 2.50 bits per heavy atom. The summed E-state index contributed by atoms with van der Waals surface area (Å²) in [7, 11) is 0. The second kappa shape index (κ2) is 6.27. The van der Waals surface area contributed by atoms with Crippen LogP contribution in [0.4, 0.5) is 13.2 Å². The molecule has 0 spiro atoms. The molecule has 0 saturated carbocycles.